The Hall–Kier alpha value is -2.44. The zero-order chi connectivity index (χ0) is 18.6. The van der Waals surface area contributed by atoms with Gasteiger partial charge in [0, 0.05) is 29.8 Å². The van der Waals surface area contributed by atoms with E-state index in [-0.39, 0.29) is 42.2 Å². The van der Waals surface area contributed by atoms with Crippen molar-refractivity contribution in [3.8, 4) is 0 Å². The van der Waals surface area contributed by atoms with Crippen LogP contribution in [0.15, 0.2) is 42.5 Å². The first-order valence-corrected chi connectivity index (χ1v) is 8.18. The van der Waals surface area contributed by atoms with Crippen LogP contribution in [0.2, 0.25) is 0 Å². The Bertz CT molecular complexity index is 776. The molecule has 0 aliphatic carbocycles. The number of benzene rings is 2. The fourth-order valence-electron chi connectivity index (χ4n) is 2.50. The normalized spacial score (nSPS) is 11.6. The predicted molar refractivity (Wildman–Crippen MR) is 105 cm³/mol. The van der Waals surface area contributed by atoms with Crippen LogP contribution in [0.1, 0.15) is 52.9 Å². The Morgan fingerprint density at radius 1 is 1.15 bits per heavy atom. The molecule has 1 amide bonds. The van der Waals surface area contributed by atoms with Crippen LogP contribution < -0.4 is 11.1 Å². The summed E-state index contributed by atoms with van der Waals surface area (Å²) < 4.78 is 0. The molecule has 0 bridgehead atoms. The van der Waals surface area contributed by atoms with E-state index < -0.39 is 4.92 Å². The molecule has 6 nitrogen and oxygen atoms in total. The maximum atomic E-state index is 12.2. The van der Waals surface area contributed by atoms with E-state index in [1.54, 1.807) is 19.1 Å². The Morgan fingerprint density at radius 3 is 2.27 bits per heavy atom. The van der Waals surface area contributed by atoms with Gasteiger partial charge in [0.15, 0.2) is 0 Å². The number of nitro groups is 1. The van der Waals surface area contributed by atoms with Crippen LogP contribution in [0.25, 0.3) is 0 Å². The van der Waals surface area contributed by atoms with Crippen molar-refractivity contribution in [3.63, 3.8) is 0 Å². The second kappa shape index (κ2) is 9.31. The zero-order valence-electron chi connectivity index (χ0n) is 15.1. The molecular weight excluding hydrogens is 354 g/mol. The highest BCUT2D eigenvalue weighted by molar-refractivity contribution is 5.95. The monoisotopic (exact) mass is 377 g/mol. The van der Waals surface area contributed by atoms with Gasteiger partial charge in [0.2, 0.25) is 0 Å². The summed E-state index contributed by atoms with van der Waals surface area (Å²) in [4.78, 5) is 22.7. The summed E-state index contributed by atoms with van der Waals surface area (Å²) in [6, 6.07) is 12.1. The van der Waals surface area contributed by atoms with Crippen LogP contribution in [-0.4, -0.2) is 17.4 Å². The summed E-state index contributed by atoms with van der Waals surface area (Å²) in [5, 5.41) is 13.7. The first-order chi connectivity index (χ1) is 11.8. The van der Waals surface area contributed by atoms with Crippen LogP contribution in [0, 0.1) is 17.0 Å². The molecule has 2 rings (SSSR count). The van der Waals surface area contributed by atoms with Crippen molar-refractivity contribution >= 4 is 24.0 Å². The van der Waals surface area contributed by atoms with Gasteiger partial charge in [-0.05, 0) is 30.0 Å². The topological polar surface area (TPSA) is 98.3 Å². The highest BCUT2D eigenvalue weighted by Crippen LogP contribution is 2.20. The Morgan fingerprint density at radius 2 is 1.73 bits per heavy atom. The summed E-state index contributed by atoms with van der Waals surface area (Å²) in [5.74, 6) is 0.0691. The third kappa shape index (κ3) is 5.28. The predicted octanol–water partition coefficient (Wildman–Crippen LogP) is 3.88. The first-order valence-electron chi connectivity index (χ1n) is 8.18. The molecule has 0 spiro atoms. The molecule has 1 unspecified atom stereocenters. The number of aryl methyl sites for hydroxylation is 1. The molecule has 0 aliphatic heterocycles. The number of nitro benzene ring substituents is 1. The minimum Gasteiger partial charge on any atom is -0.350 e. The molecule has 0 fully saturated rings. The van der Waals surface area contributed by atoms with Gasteiger partial charge in [-0.3, -0.25) is 14.9 Å². The maximum Gasteiger partial charge on any atom is 0.273 e. The molecule has 0 aliphatic rings. The van der Waals surface area contributed by atoms with Gasteiger partial charge in [-0.1, -0.05) is 44.2 Å². The molecular formula is C19H24ClN3O3. The number of nitrogens with zero attached hydrogens (tertiary/aromatic N) is 1. The Balaban J connectivity index is 0.00000338. The molecule has 2 aromatic rings. The van der Waals surface area contributed by atoms with Crippen molar-refractivity contribution in [1.29, 1.82) is 0 Å². The number of rotatable bonds is 6. The zero-order valence-corrected chi connectivity index (χ0v) is 15.9. The number of nitrogens with one attached hydrogen (secondary N) is 1. The van der Waals surface area contributed by atoms with Gasteiger partial charge >= 0.3 is 0 Å². The largest absolute Gasteiger partial charge is 0.350 e. The van der Waals surface area contributed by atoms with E-state index in [4.69, 9.17) is 5.73 Å². The minimum atomic E-state index is -0.492. The van der Waals surface area contributed by atoms with Crippen LogP contribution in [-0.2, 0) is 0 Å². The molecule has 0 saturated heterocycles. The van der Waals surface area contributed by atoms with E-state index in [1.807, 2.05) is 24.3 Å². The van der Waals surface area contributed by atoms with Crippen LogP contribution in [0.3, 0.4) is 0 Å². The van der Waals surface area contributed by atoms with Crippen molar-refractivity contribution in [3.05, 3.63) is 74.8 Å². The maximum absolute atomic E-state index is 12.2. The van der Waals surface area contributed by atoms with E-state index in [1.165, 1.54) is 11.6 Å². The molecule has 0 saturated carbocycles. The number of halogens is 1. The summed E-state index contributed by atoms with van der Waals surface area (Å²) in [5.41, 5.74) is 8.98. The van der Waals surface area contributed by atoms with Gasteiger partial charge < -0.3 is 11.1 Å². The number of amides is 1. The average molecular weight is 378 g/mol. The summed E-state index contributed by atoms with van der Waals surface area (Å²) in [6.45, 7) is 6.13. The minimum absolute atomic E-state index is 0. The SMILES string of the molecule is Cc1ccc(C(=O)NCC(N)c2ccc(C(C)C)cc2)cc1[N+](=O)[O-].Cl. The second-order valence-corrected chi connectivity index (χ2v) is 6.40. The number of nitrogens with two attached hydrogens (primary N) is 1. The van der Waals surface area contributed by atoms with Gasteiger partial charge in [0.1, 0.15) is 0 Å². The molecule has 26 heavy (non-hydrogen) atoms. The Labute approximate surface area is 159 Å². The van der Waals surface area contributed by atoms with Gasteiger partial charge in [0.25, 0.3) is 11.6 Å². The number of carbonyl (C=O) groups is 1. The summed E-state index contributed by atoms with van der Waals surface area (Å²) in [7, 11) is 0. The lowest BCUT2D eigenvalue weighted by atomic mass is 9.99. The smallest absolute Gasteiger partial charge is 0.273 e. The Kier molecular flexibility index (Phi) is 7.74. The van der Waals surface area contributed by atoms with Gasteiger partial charge in [-0.2, -0.15) is 0 Å². The number of hydrogen-bond donors (Lipinski definition) is 2. The third-order valence-corrected chi connectivity index (χ3v) is 4.18. The fraction of sp³-hybridized carbons (Fsp3) is 0.316. The number of carbonyl (C=O) groups excluding carboxylic acids is 1. The lowest BCUT2D eigenvalue weighted by Gasteiger charge is -2.14. The van der Waals surface area contributed by atoms with E-state index in [9.17, 15) is 14.9 Å². The van der Waals surface area contributed by atoms with Gasteiger partial charge in [0.05, 0.1) is 4.92 Å². The summed E-state index contributed by atoms with van der Waals surface area (Å²) in [6.07, 6.45) is 0. The molecule has 3 N–H and O–H groups in total. The van der Waals surface area contributed by atoms with Gasteiger partial charge in [-0.25, -0.2) is 0 Å². The van der Waals surface area contributed by atoms with Crippen LogP contribution in [0.4, 0.5) is 5.69 Å². The molecule has 7 heteroatoms. The molecule has 0 radical (unpaired) electrons. The molecule has 140 valence electrons. The van der Waals surface area contributed by atoms with E-state index in [0.29, 0.717) is 11.5 Å². The van der Waals surface area contributed by atoms with E-state index in [2.05, 4.69) is 19.2 Å². The number of hydrogen-bond acceptors (Lipinski definition) is 4. The lowest BCUT2D eigenvalue weighted by Crippen LogP contribution is -2.32. The van der Waals surface area contributed by atoms with Crippen molar-refractivity contribution in [2.45, 2.75) is 32.7 Å². The quantitative estimate of drug-likeness (QED) is 0.589. The summed E-state index contributed by atoms with van der Waals surface area (Å²) >= 11 is 0. The van der Waals surface area contributed by atoms with Crippen molar-refractivity contribution in [2.24, 2.45) is 5.73 Å². The first kappa shape index (κ1) is 21.6. The average Bonchev–Trinajstić information content (AvgIpc) is 2.59. The highest BCUT2D eigenvalue weighted by Gasteiger charge is 2.16. The van der Waals surface area contributed by atoms with E-state index >= 15 is 0 Å². The van der Waals surface area contributed by atoms with Gasteiger partial charge in [-0.15, -0.1) is 12.4 Å². The molecule has 1 atom stereocenters. The lowest BCUT2D eigenvalue weighted by molar-refractivity contribution is -0.385. The van der Waals surface area contributed by atoms with Crippen molar-refractivity contribution < 1.29 is 9.72 Å². The molecule has 0 heterocycles. The molecule has 2 aromatic carbocycles. The highest BCUT2D eigenvalue weighted by atomic mass is 35.5. The third-order valence-electron chi connectivity index (χ3n) is 4.18. The fourth-order valence-corrected chi connectivity index (χ4v) is 2.50. The van der Waals surface area contributed by atoms with E-state index in [0.717, 1.165) is 5.56 Å². The standard InChI is InChI=1S/C19H23N3O3.ClH/c1-12(2)14-6-8-15(9-7-14)17(20)11-21-19(23)16-5-4-13(3)18(10-16)22(24)25;/h4-10,12,17H,11,20H2,1-3H3,(H,21,23);1H. The molecule has 0 aromatic heterocycles. The van der Waals surface area contributed by atoms with Crippen LogP contribution >= 0.6 is 12.4 Å². The van der Waals surface area contributed by atoms with Crippen molar-refractivity contribution in [2.75, 3.05) is 6.54 Å². The van der Waals surface area contributed by atoms with Crippen molar-refractivity contribution in [1.82, 2.24) is 5.32 Å². The second-order valence-electron chi connectivity index (χ2n) is 6.40. The van der Waals surface area contributed by atoms with Crippen LogP contribution in [0.5, 0.6) is 0 Å².